The van der Waals surface area contributed by atoms with E-state index in [1.54, 1.807) is 0 Å². The molecule has 0 fully saturated rings. The highest BCUT2D eigenvalue weighted by Crippen LogP contribution is 2.27. The summed E-state index contributed by atoms with van der Waals surface area (Å²) in [7, 11) is 0. The molecule has 2 rings (SSSR count). The molecular weight excluding hydrogens is 287 g/mol. The lowest BCUT2D eigenvalue weighted by Crippen LogP contribution is -2.11. The lowest BCUT2D eigenvalue weighted by Gasteiger charge is -2.08. The molecule has 2 aromatic rings. The van der Waals surface area contributed by atoms with Gasteiger partial charge >= 0.3 is 6.18 Å². The summed E-state index contributed by atoms with van der Waals surface area (Å²) in [6.07, 6.45) is -4.94. The van der Waals surface area contributed by atoms with Crippen LogP contribution in [0.15, 0.2) is 11.4 Å². The van der Waals surface area contributed by atoms with Gasteiger partial charge in [-0.2, -0.15) is 13.2 Å². The van der Waals surface area contributed by atoms with Gasteiger partial charge in [-0.1, -0.05) is 0 Å². The topological polar surface area (TPSA) is 37.8 Å². The van der Waals surface area contributed by atoms with Crippen molar-refractivity contribution in [3.63, 3.8) is 0 Å². The number of hydrogen-bond acceptors (Lipinski definition) is 4. The summed E-state index contributed by atoms with van der Waals surface area (Å²) < 4.78 is 35.9. The van der Waals surface area contributed by atoms with Crippen molar-refractivity contribution in [2.45, 2.75) is 19.0 Å². The molecule has 8 heteroatoms. The SMILES string of the molecule is FC(F)(F)CCCNc1nc(Cl)nc2sccc12. The van der Waals surface area contributed by atoms with E-state index < -0.39 is 12.6 Å². The fourth-order valence-corrected chi connectivity index (χ4v) is 2.44. The van der Waals surface area contributed by atoms with Gasteiger partial charge in [0.05, 0.1) is 5.39 Å². The van der Waals surface area contributed by atoms with E-state index >= 15 is 0 Å². The van der Waals surface area contributed by atoms with Crippen molar-refractivity contribution in [2.24, 2.45) is 0 Å². The summed E-state index contributed by atoms with van der Waals surface area (Å²) >= 11 is 7.13. The zero-order chi connectivity index (χ0) is 13.2. The molecule has 1 N–H and O–H groups in total. The van der Waals surface area contributed by atoms with Crippen LogP contribution in [0.25, 0.3) is 10.2 Å². The molecule has 0 bridgehead atoms. The molecule has 0 aliphatic heterocycles. The summed E-state index contributed by atoms with van der Waals surface area (Å²) in [5, 5.41) is 5.55. The molecule has 0 saturated carbocycles. The highest BCUT2D eigenvalue weighted by molar-refractivity contribution is 7.16. The zero-order valence-electron chi connectivity index (χ0n) is 9.09. The normalized spacial score (nSPS) is 12.0. The minimum absolute atomic E-state index is 0.00322. The Hall–Kier alpha value is -1.08. The molecule has 0 aliphatic rings. The van der Waals surface area contributed by atoms with Gasteiger partial charge in [-0.3, -0.25) is 0 Å². The number of alkyl halides is 3. The molecule has 0 saturated heterocycles. The highest BCUT2D eigenvalue weighted by Gasteiger charge is 2.25. The second-order valence-electron chi connectivity index (χ2n) is 3.63. The fourth-order valence-electron chi connectivity index (χ4n) is 1.46. The molecule has 3 nitrogen and oxygen atoms in total. The van der Waals surface area contributed by atoms with Crippen molar-refractivity contribution in [1.82, 2.24) is 9.97 Å². The number of fused-ring (bicyclic) bond motifs is 1. The van der Waals surface area contributed by atoms with Gasteiger partial charge in [-0.05, 0) is 29.5 Å². The van der Waals surface area contributed by atoms with Gasteiger partial charge in [-0.25, -0.2) is 9.97 Å². The largest absolute Gasteiger partial charge is 0.389 e. The Morgan fingerprint density at radius 2 is 2.11 bits per heavy atom. The van der Waals surface area contributed by atoms with Crippen LogP contribution < -0.4 is 5.32 Å². The summed E-state index contributed by atoms with van der Waals surface area (Å²) in [5.41, 5.74) is 0. The summed E-state index contributed by atoms with van der Waals surface area (Å²) in [6, 6.07) is 1.81. The van der Waals surface area contributed by atoms with E-state index in [1.807, 2.05) is 11.4 Å². The first-order valence-corrected chi connectivity index (χ1v) is 6.43. The predicted octanol–water partition coefficient (Wildman–Crippen LogP) is 4.10. The average molecular weight is 296 g/mol. The van der Waals surface area contributed by atoms with Crippen LogP contribution in [0, 0.1) is 0 Å². The molecule has 2 aromatic heterocycles. The summed E-state index contributed by atoms with van der Waals surface area (Å²) in [6.45, 7) is 0.192. The maximum atomic E-state index is 12.0. The molecule has 18 heavy (non-hydrogen) atoms. The first-order chi connectivity index (χ1) is 8.46. The first kappa shape index (κ1) is 13.4. The Morgan fingerprint density at radius 3 is 2.83 bits per heavy atom. The number of thiophene rings is 1. The van der Waals surface area contributed by atoms with E-state index in [0.29, 0.717) is 10.6 Å². The molecule has 0 aliphatic carbocycles. The van der Waals surface area contributed by atoms with E-state index in [1.165, 1.54) is 11.3 Å². The van der Waals surface area contributed by atoms with Crippen LogP contribution in [-0.4, -0.2) is 22.7 Å². The van der Waals surface area contributed by atoms with Crippen LogP contribution in [0.5, 0.6) is 0 Å². The minimum atomic E-state index is -4.12. The maximum Gasteiger partial charge on any atom is 0.389 e. The van der Waals surface area contributed by atoms with Crippen molar-refractivity contribution in [2.75, 3.05) is 11.9 Å². The molecule has 0 aromatic carbocycles. The third-order valence-electron chi connectivity index (χ3n) is 2.23. The Bertz CT molecular complexity index is 541. The lowest BCUT2D eigenvalue weighted by molar-refractivity contribution is -0.134. The minimum Gasteiger partial charge on any atom is -0.369 e. The van der Waals surface area contributed by atoms with Crippen LogP contribution in [0.4, 0.5) is 19.0 Å². The molecule has 0 unspecified atom stereocenters. The van der Waals surface area contributed by atoms with Crippen LogP contribution in [0.3, 0.4) is 0 Å². The number of anilines is 1. The number of aromatic nitrogens is 2. The van der Waals surface area contributed by atoms with E-state index in [4.69, 9.17) is 11.6 Å². The van der Waals surface area contributed by atoms with Crippen LogP contribution in [0.1, 0.15) is 12.8 Å². The number of rotatable bonds is 4. The van der Waals surface area contributed by atoms with E-state index in [-0.39, 0.29) is 18.2 Å². The monoisotopic (exact) mass is 295 g/mol. The Balaban J connectivity index is 2.01. The molecule has 0 spiro atoms. The van der Waals surface area contributed by atoms with Gasteiger partial charge in [-0.15, -0.1) is 11.3 Å². The van der Waals surface area contributed by atoms with Crippen LogP contribution in [0.2, 0.25) is 5.28 Å². The third kappa shape index (κ3) is 3.46. The Kier molecular flexibility index (Phi) is 3.91. The number of halogens is 4. The maximum absolute atomic E-state index is 12.0. The lowest BCUT2D eigenvalue weighted by atomic mass is 10.3. The Morgan fingerprint density at radius 1 is 1.33 bits per heavy atom. The number of nitrogens with zero attached hydrogens (tertiary/aromatic N) is 2. The van der Waals surface area contributed by atoms with E-state index in [2.05, 4.69) is 15.3 Å². The first-order valence-electron chi connectivity index (χ1n) is 5.17. The molecule has 0 radical (unpaired) electrons. The molecule has 0 amide bonds. The fraction of sp³-hybridized carbons (Fsp3) is 0.400. The molecular formula is C10H9ClF3N3S. The van der Waals surface area contributed by atoms with Gasteiger partial charge in [0.15, 0.2) is 0 Å². The van der Waals surface area contributed by atoms with Crippen molar-refractivity contribution < 1.29 is 13.2 Å². The molecule has 0 atom stereocenters. The quantitative estimate of drug-likeness (QED) is 0.681. The number of hydrogen-bond donors (Lipinski definition) is 1. The second kappa shape index (κ2) is 5.27. The molecule has 98 valence electrons. The van der Waals surface area contributed by atoms with Crippen molar-refractivity contribution >= 4 is 39.0 Å². The molecule has 2 heterocycles. The highest BCUT2D eigenvalue weighted by atomic mass is 35.5. The predicted molar refractivity (Wildman–Crippen MR) is 66.2 cm³/mol. The second-order valence-corrected chi connectivity index (χ2v) is 4.86. The van der Waals surface area contributed by atoms with Gasteiger partial charge in [0.1, 0.15) is 10.6 Å². The van der Waals surface area contributed by atoms with E-state index in [0.717, 1.165) is 5.39 Å². The average Bonchev–Trinajstić information content (AvgIpc) is 2.70. The third-order valence-corrected chi connectivity index (χ3v) is 3.20. The zero-order valence-corrected chi connectivity index (χ0v) is 10.7. The van der Waals surface area contributed by atoms with Gasteiger partial charge in [0, 0.05) is 13.0 Å². The van der Waals surface area contributed by atoms with Gasteiger partial charge < -0.3 is 5.32 Å². The van der Waals surface area contributed by atoms with Gasteiger partial charge in [0.25, 0.3) is 0 Å². The summed E-state index contributed by atoms with van der Waals surface area (Å²) in [4.78, 5) is 8.71. The van der Waals surface area contributed by atoms with Crippen LogP contribution >= 0.6 is 22.9 Å². The Labute approximate surface area is 110 Å². The number of nitrogens with one attached hydrogen (secondary N) is 1. The van der Waals surface area contributed by atoms with Crippen molar-refractivity contribution in [3.8, 4) is 0 Å². The van der Waals surface area contributed by atoms with Gasteiger partial charge in [0.2, 0.25) is 5.28 Å². The van der Waals surface area contributed by atoms with Crippen LogP contribution in [-0.2, 0) is 0 Å². The van der Waals surface area contributed by atoms with Crippen molar-refractivity contribution in [1.29, 1.82) is 0 Å². The standard InChI is InChI=1S/C10H9ClF3N3S/c11-9-16-7(6-2-5-18-8(6)17-9)15-4-1-3-10(12,13)14/h2,5H,1,3-4H2,(H,15,16,17). The van der Waals surface area contributed by atoms with E-state index in [9.17, 15) is 13.2 Å². The smallest absolute Gasteiger partial charge is 0.369 e. The van der Waals surface area contributed by atoms with Crippen molar-refractivity contribution in [3.05, 3.63) is 16.7 Å². The summed E-state index contributed by atoms with van der Waals surface area (Å²) in [5.74, 6) is 0.480.